The molecule has 8 heteroatoms. The number of amidine groups is 1. The Morgan fingerprint density at radius 3 is 2.90 bits per heavy atom. The lowest BCUT2D eigenvalue weighted by atomic mass is 9.92. The maximum absolute atomic E-state index is 12.4. The fourth-order valence-corrected chi connectivity index (χ4v) is 4.63. The number of aromatic nitrogens is 3. The van der Waals surface area contributed by atoms with Crippen LogP contribution in [0.4, 0.5) is 0 Å². The van der Waals surface area contributed by atoms with Crippen molar-refractivity contribution in [2.24, 2.45) is 5.73 Å². The van der Waals surface area contributed by atoms with Gasteiger partial charge in [0, 0.05) is 35.1 Å². The largest absolute Gasteiger partial charge is 0.379 e. The molecule has 1 saturated heterocycles. The minimum atomic E-state index is -0.286. The van der Waals surface area contributed by atoms with Crippen molar-refractivity contribution in [3.05, 3.63) is 58.3 Å². The molecule has 7 nitrogen and oxygen atoms in total. The maximum atomic E-state index is 12.4. The van der Waals surface area contributed by atoms with Crippen molar-refractivity contribution < 1.29 is 0 Å². The van der Waals surface area contributed by atoms with Gasteiger partial charge in [-0.3, -0.25) is 9.98 Å². The molecule has 0 spiro atoms. The SMILES string of the molecule is Cc1cc2cn(-c3ccc([C@@H]4CCC[C@@H](CCSC(=N)N)N4)cc3)c(=O)nc2[nH]1. The Balaban J connectivity index is 1.48. The van der Waals surface area contributed by atoms with Crippen LogP contribution in [-0.2, 0) is 0 Å². The van der Waals surface area contributed by atoms with E-state index in [9.17, 15) is 4.79 Å². The fourth-order valence-electron chi connectivity index (χ4n) is 4.00. The monoisotopic (exact) mass is 410 g/mol. The average molecular weight is 411 g/mol. The summed E-state index contributed by atoms with van der Waals surface area (Å²) in [6, 6.07) is 10.9. The van der Waals surface area contributed by atoms with Gasteiger partial charge in [0.1, 0.15) is 5.65 Å². The maximum Gasteiger partial charge on any atom is 0.354 e. The summed E-state index contributed by atoms with van der Waals surface area (Å²) in [5, 5.41) is 12.2. The van der Waals surface area contributed by atoms with Crippen molar-refractivity contribution >= 4 is 28.0 Å². The summed E-state index contributed by atoms with van der Waals surface area (Å²) in [7, 11) is 0. The summed E-state index contributed by atoms with van der Waals surface area (Å²) in [4.78, 5) is 19.7. The van der Waals surface area contributed by atoms with Crippen LogP contribution < -0.4 is 16.7 Å². The zero-order valence-corrected chi connectivity index (χ0v) is 17.3. The number of benzene rings is 1. The summed E-state index contributed by atoms with van der Waals surface area (Å²) in [5.41, 5.74) is 8.80. The normalized spacial score (nSPS) is 19.5. The number of nitrogens with two attached hydrogens (primary N) is 1. The molecule has 0 unspecified atom stereocenters. The van der Waals surface area contributed by atoms with Gasteiger partial charge in [-0.15, -0.1) is 0 Å². The minimum absolute atomic E-state index is 0.186. The number of hydrogen-bond acceptors (Lipinski definition) is 5. The zero-order chi connectivity index (χ0) is 20.4. The van der Waals surface area contributed by atoms with Crippen molar-refractivity contribution in [3.8, 4) is 5.69 Å². The van der Waals surface area contributed by atoms with E-state index in [1.165, 1.54) is 23.7 Å². The van der Waals surface area contributed by atoms with Gasteiger partial charge >= 0.3 is 5.69 Å². The first-order valence-corrected chi connectivity index (χ1v) is 10.9. The third-order valence-corrected chi connectivity index (χ3v) is 6.17. The van der Waals surface area contributed by atoms with Crippen LogP contribution in [0.2, 0.25) is 0 Å². The van der Waals surface area contributed by atoms with Crippen LogP contribution >= 0.6 is 11.8 Å². The van der Waals surface area contributed by atoms with Crippen molar-refractivity contribution in [2.75, 3.05) is 5.75 Å². The van der Waals surface area contributed by atoms with E-state index in [-0.39, 0.29) is 10.9 Å². The summed E-state index contributed by atoms with van der Waals surface area (Å²) in [5.74, 6) is 0.871. The van der Waals surface area contributed by atoms with Crippen LogP contribution in [0.1, 0.15) is 43.0 Å². The molecule has 0 saturated carbocycles. The molecule has 152 valence electrons. The number of nitrogens with one attached hydrogen (secondary N) is 3. The van der Waals surface area contributed by atoms with Crippen LogP contribution in [0.15, 0.2) is 41.3 Å². The summed E-state index contributed by atoms with van der Waals surface area (Å²) < 4.78 is 1.59. The van der Waals surface area contributed by atoms with E-state index in [1.807, 2.05) is 31.3 Å². The molecule has 29 heavy (non-hydrogen) atoms. The summed E-state index contributed by atoms with van der Waals surface area (Å²) in [6.07, 6.45) is 6.29. The van der Waals surface area contributed by atoms with Gasteiger partial charge in [-0.2, -0.15) is 4.98 Å². The zero-order valence-electron chi connectivity index (χ0n) is 16.4. The molecule has 0 bridgehead atoms. The number of fused-ring (bicyclic) bond motifs is 1. The van der Waals surface area contributed by atoms with E-state index >= 15 is 0 Å². The summed E-state index contributed by atoms with van der Waals surface area (Å²) in [6.45, 7) is 1.95. The number of rotatable bonds is 5. The van der Waals surface area contributed by atoms with Gasteiger partial charge in [-0.05, 0) is 49.9 Å². The Morgan fingerprint density at radius 2 is 2.14 bits per heavy atom. The highest BCUT2D eigenvalue weighted by Crippen LogP contribution is 2.28. The number of aromatic amines is 1. The van der Waals surface area contributed by atoms with Crippen molar-refractivity contribution in [2.45, 2.75) is 44.7 Å². The van der Waals surface area contributed by atoms with Crippen molar-refractivity contribution in [1.29, 1.82) is 5.41 Å². The van der Waals surface area contributed by atoms with E-state index in [1.54, 1.807) is 4.57 Å². The summed E-state index contributed by atoms with van der Waals surface area (Å²) >= 11 is 1.41. The van der Waals surface area contributed by atoms with Crippen molar-refractivity contribution in [1.82, 2.24) is 19.9 Å². The molecular formula is C21H26N6OS. The molecule has 3 heterocycles. The third kappa shape index (κ3) is 4.54. The molecule has 4 rings (SSSR count). The lowest BCUT2D eigenvalue weighted by Gasteiger charge is -2.31. The molecule has 1 aliphatic rings. The van der Waals surface area contributed by atoms with Gasteiger partial charge in [0.05, 0.1) is 5.69 Å². The van der Waals surface area contributed by atoms with E-state index < -0.39 is 0 Å². The van der Waals surface area contributed by atoms with Crippen LogP contribution in [-0.4, -0.2) is 31.5 Å². The quantitative estimate of drug-likeness (QED) is 0.381. The van der Waals surface area contributed by atoms with Gasteiger partial charge < -0.3 is 16.0 Å². The molecule has 2 atom stereocenters. The molecular weight excluding hydrogens is 384 g/mol. The molecule has 0 radical (unpaired) electrons. The number of thioether (sulfide) groups is 1. The Morgan fingerprint density at radius 1 is 1.34 bits per heavy atom. The second kappa shape index (κ2) is 8.42. The van der Waals surface area contributed by atoms with Gasteiger partial charge in [0.2, 0.25) is 0 Å². The first kappa shape index (κ1) is 19.7. The molecule has 0 aliphatic carbocycles. The van der Waals surface area contributed by atoms with E-state index in [0.717, 1.165) is 41.8 Å². The average Bonchev–Trinajstić information content (AvgIpc) is 3.06. The fraction of sp³-hybridized carbons (Fsp3) is 0.381. The van der Waals surface area contributed by atoms with E-state index in [0.29, 0.717) is 17.7 Å². The topological polar surface area (TPSA) is 113 Å². The van der Waals surface area contributed by atoms with Crippen molar-refractivity contribution in [3.63, 3.8) is 0 Å². The van der Waals surface area contributed by atoms with E-state index in [2.05, 4.69) is 27.4 Å². The van der Waals surface area contributed by atoms with Crippen LogP contribution in [0, 0.1) is 12.3 Å². The Labute approximate surface area is 173 Å². The van der Waals surface area contributed by atoms with Crippen LogP contribution in [0.3, 0.4) is 0 Å². The predicted molar refractivity (Wildman–Crippen MR) is 119 cm³/mol. The smallest absolute Gasteiger partial charge is 0.354 e. The highest BCUT2D eigenvalue weighted by atomic mass is 32.2. The lowest BCUT2D eigenvalue weighted by Crippen LogP contribution is -2.37. The second-order valence-electron chi connectivity index (χ2n) is 7.59. The number of H-pyrrole nitrogens is 1. The molecule has 1 fully saturated rings. The molecule has 2 aromatic heterocycles. The van der Waals surface area contributed by atoms with Gasteiger partial charge in [0.25, 0.3) is 0 Å². The molecule has 1 aromatic carbocycles. The highest BCUT2D eigenvalue weighted by Gasteiger charge is 2.22. The Kier molecular flexibility index (Phi) is 5.73. The van der Waals surface area contributed by atoms with Gasteiger partial charge in [-0.1, -0.05) is 30.3 Å². The standard InChI is InChI=1S/C21H26N6OS/c1-13-11-15-12-27(21(28)26-19(15)24-13)17-7-5-14(6-8-17)18-4-2-3-16(25-18)9-10-29-20(22)23/h5-8,11-12,16,18,25H,2-4,9-10H2,1H3,(H3,22,23)(H,24,26,28)/t16-,18-/m0/s1. The van der Waals surface area contributed by atoms with Gasteiger partial charge in [-0.25, -0.2) is 4.79 Å². The number of nitrogens with zero attached hydrogens (tertiary/aromatic N) is 2. The van der Waals surface area contributed by atoms with E-state index in [4.69, 9.17) is 11.1 Å². The molecule has 1 aliphatic heterocycles. The molecule has 3 aromatic rings. The second-order valence-corrected chi connectivity index (χ2v) is 8.73. The molecule has 0 amide bonds. The first-order chi connectivity index (χ1) is 14.0. The Hall–Kier alpha value is -2.58. The van der Waals surface area contributed by atoms with Gasteiger partial charge in [0.15, 0.2) is 5.17 Å². The third-order valence-electron chi connectivity index (χ3n) is 5.42. The lowest BCUT2D eigenvalue weighted by molar-refractivity contribution is 0.320. The number of hydrogen-bond donors (Lipinski definition) is 4. The number of aryl methyl sites for hydroxylation is 1. The van der Waals surface area contributed by atoms with Crippen LogP contribution in [0.5, 0.6) is 0 Å². The van der Waals surface area contributed by atoms with Crippen LogP contribution in [0.25, 0.3) is 16.7 Å². The predicted octanol–water partition coefficient (Wildman–Crippen LogP) is 3.22. The first-order valence-electron chi connectivity index (χ1n) is 9.92. The number of piperidine rings is 1. The minimum Gasteiger partial charge on any atom is -0.379 e. The molecule has 5 N–H and O–H groups in total. The highest BCUT2D eigenvalue weighted by molar-refractivity contribution is 8.13. The Bertz CT molecular complexity index is 1070.